The van der Waals surface area contributed by atoms with E-state index in [-0.39, 0.29) is 22.5 Å². The van der Waals surface area contributed by atoms with Crippen molar-refractivity contribution in [2.75, 3.05) is 19.0 Å². The second kappa shape index (κ2) is 10.3. The minimum Gasteiger partial charge on any atom is -0.497 e. The lowest BCUT2D eigenvalue weighted by atomic mass is 10.1. The molecule has 37 heavy (non-hydrogen) atoms. The van der Waals surface area contributed by atoms with E-state index in [1.807, 2.05) is 26.0 Å². The Morgan fingerprint density at radius 3 is 2.27 bits per heavy atom. The van der Waals surface area contributed by atoms with E-state index in [1.54, 1.807) is 6.07 Å². The van der Waals surface area contributed by atoms with Crippen LogP contribution in [0.1, 0.15) is 16.9 Å². The first-order valence-corrected chi connectivity index (χ1v) is 11.0. The molecule has 0 bridgehead atoms. The number of hydrogen-bond acceptors (Lipinski definition) is 6. The zero-order valence-corrected chi connectivity index (χ0v) is 20.1. The molecule has 192 valence electrons. The molecule has 4 rings (SSSR count). The van der Waals surface area contributed by atoms with Gasteiger partial charge in [-0.25, -0.2) is 0 Å². The van der Waals surface area contributed by atoms with Crippen LogP contribution in [0.4, 0.5) is 18.9 Å². The van der Waals surface area contributed by atoms with Crippen LogP contribution in [0.15, 0.2) is 69.9 Å². The van der Waals surface area contributed by atoms with Crippen molar-refractivity contribution in [1.82, 2.24) is 0 Å². The number of fused-ring (bicyclic) bond motifs is 1. The van der Waals surface area contributed by atoms with Gasteiger partial charge in [0.05, 0.1) is 12.5 Å². The molecule has 3 aromatic carbocycles. The summed E-state index contributed by atoms with van der Waals surface area (Å²) in [5.41, 5.74) is 1.14. The second-order valence-corrected chi connectivity index (χ2v) is 8.18. The summed E-state index contributed by atoms with van der Waals surface area (Å²) in [7, 11) is 1.44. The molecule has 1 aromatic heterocycles. The predicted octanol–water partition coefficient (Wildman–Crippen LogP) is 6.25. The summed E-state index contributed by atoms with van der Waals surface area (Å²) < 4.78 is 62.1. The van der Waals surface area contributed by atoms with E-state index in [0.29, 0.717) is 11.4 Å². The lowest BCUT2D eigenvalue weighted by molar-refractivity contribution is -0.154. The van der Waals surface area contributed by atoms with Crippen LogP contribution in [0, 0.1) is 13.8 Å². The third-order valence-electron chi connectivity index (χ3n) is 5.38. The molecule has 0 atom stereocenters. The standard InChI is InChI=1S/C27H22F3NO6/c1-15-4-11-21(16(2)12-15)31-23(32)14-35-19-9-10-20-22(13-19)37-26(27(28,29)30)25(24(20)33)36-18-7-5-17(34-3)6-8-18/h4-13H,14H2,1-3H3,(H,31,32). The van der Waals surface area contributed by atoms with E-state index in [4.69, 9.17) is 18.6 Å². The molecule has 7 nitrogen and oxygen atoms in total. The number of hydrogen-bond donors (Lipinski definition) is 1. The smallest absolute Gasteiger partial charge is 0.453 e. The number of ether oxygens (including phenoxy) is 3. The highest BCUT2D eigenvalue weighted by Gasteiger charge is 2.40. The number of carbonyl (C=O) groups excluding carboxylic acids is 1. The first-order valence-electron chi connectivity index (χ1n) is 11.0. The summed E-state index contributed by atoms with van der Waals surface area (Å²) in [5, 5.41) is 2.56. The number of carbonyl (C=O) groups is 1. The first kappa shape index (κ1) is 25.6. The van der Waals surface area contributed by atoms with Gasteiger partial charge in [-0.2, -0.15) is 13.2 Å². The van der Waals surface area contributed by atoms with E-state index >= 15 is 0 Å². The molecule has 0 unspecified atom stereocenters. The minimum atomic E-state index is -5.02. The number of benzene rings is 3. The normalized spacial score (nSPS) is 11.3. The molecule has 0 aliphatic carbocycles. The largest absolute Gasteiger partial charge is 0.497 e. The zero-order valence-electron chi connectivity index (χ0n) is 20.1. The Balaban J connectivity index is 1.59. The highest BCUT2D eigenvalue weighted by molar-refractivity contribution is 5.92. The fourth-order valence-corrected chi connectivity index (χ4v) is 3.58. The van der Waals surface area contributed by atoms with Crippen LogP contribution in [-0.2, 0) is 11.0 Å². The molecule has 0 radical (unpaired) electrons. The Morgan fingerprint density at radius 2 is 1.62 bits per heavy atom. The summed E-state index contributed by atoms with van der Waals surface area (Å²) in [4.78, 5) is 25.2. The molecular weight excluding hydrogens is 491 g/mol. The fourth-order valence-electron chi connectivity index (χ4n) is 3.58. The summed E-state index contributed by atoms with van der Waals surface area (Å²) in [6, 6.07) is 14.9. The number of methoxy groups -OCH3 is 1. The van der Waals surface area contributed by atoms with E-state index in [1.165, 1.54) is 43.5 Å². The lowest BCUT2D eigenvalue weighted by Crippen LogP contribution is -2.20. The van der Waals surface area contributed by atoms with Crippen LogP contribution in [0.5, 0.6) is 23.0 Å². The predicted molar refractivity (Wildman–Crippen MR) is 131 cm³/mol. The van der Waals surface area contributed by atoms with Gasteiger partial charge < -0.3 is 23.9 Å². The molecule has 0 saturated carbocycles. The van der Waals surface area contributed by atoms with Gasteiger partial charge in [0, 0.05) is 11.8 Å². The molecule has 0 spiro atoms. The third-order valence-corrected chi connectivity index (χ3v) is 5.38. The van der Waals surface area contributed by atoms with Crippen molar-refractivity contribution >= 4 is 22.6 Å². The van der Waals surface area contributed by atoms with Crippen molar-refractivity contribution in [3.05, 3.63) is 87.8 Å². The van der Waals surface area contributed by atoms with Crippen LogP contribution in [0.2, 0.25) is 0 Å². The van der Waals surface area contributed by atoms with E-state index < -0.39 is 35.6 Å². The minimum absolute atomic E-state index is 0.00673. The van der Waals surface area contributed by atoms with Gasteiger partial charge in [0.25, 0.3) is 11.7 Å². The van der Waals surface area contributed by atoms with Crippen molar-refractivity contribution in [3.8, 4) is 23.0 Å². The molecule has 10 heteroatoms. The van der Waals surface area contributed by atoms with E-state index in [9.17, 15) is 22.8 Å². The number of anilines is 1. The Bertz CT molecular complexity index is 1510. The van der Waals surface area contributed by atoms with Crippen molar-refractivity contribution in [2.45, 2.75) is 20.0 Å². The number of alkyl halides is 3. The maximum absolute atomic E-state index is 13.8. The van der Waals surface area contributed by atoms with Crippen LogP contribution in [0.25, 0.3) is 11.0 Å². The van der Waals surface area contributed by atoms with E-state index in [0.717, 1.165) is 17.2 Å². The Labute approximate surface area is 209 Å². The van der Waals surface area contributed by atoms with Gasteiger partial charge in [-0.1, -0.05) is 17.7 Å². The average Bonchev–Trinajstić information content (AvgIpc) is 2.85. The van der Waals surface area contributed by atoms with E-state index in [2.05, 4.69) is 5.32 Å². The zero-order chi connectivity index (χ0) is 26.7. The fraction of sp³-hybridized carbons (Fsp3) is 0.185. The molecule has 0 fully saturated rings. The molecule has 1 N–H and O–H groups in total. The molecule has 0 saturated heterocycles. The number of aryl methyl sites for hydroxylation is 2. The van der Waals surface area contributed by atoms with Crippen LogP contribution in [-0.4, -0.2) is 19.6 Å². The van der Waals surface area contributed by atoms with Crippen molar-refractivity contribution < 1.29 is 36.6 Å². The van der Waals surface area contributed by atoms with Gasteiger partial charge >= 0.3 is 6.18 Å². The van der Waals surface area contributed by atoms with Crippen LogP contribution >= 0.6 is 0 Å². The maximum atomic E-state index is 13.8. The number of rotatable bonds is 7. The maximum Gasteiger partial charge on any atom is 0.453 e. The summed E-state index contributed by atoms with van der Waals surface area (Å²) in [6.07, 6.45) is -5.02. The van der Waals surface area contributed by atoms with Crippen LogP contribution < -0.4 is 25.0 Å². The average molecular weight is 513 g/mol. The first-order chi connectivity index (χ1) is 17.5. The quantitative estimate of drug-likeness (QED) is 0.315. The van der Waals surface area contributed by atoms with Gasteiger partial charge in [0.2, 0.25) is 11.2 Å². The highest BCUT2D eigenvalue weighted by atomic mass is 19.4. The number of amides is 1. The number of halogens is 3. The molecule has 1 heterocycles. The van der Waals surface area contributed by atoms with Gasteiger partial charge in [0.15, 0.2) is 6.61 Å². The molecular formula is C27H22F3NO6. The Morgan fingerprint density at radius 1 is 0.946 bits per heavy atom. The second-order valence-electron chi connectivity index (χ2n) is 8.18. The summed E-state index contributed by atoms with van der Waals surface area (Å²) in [5.74, 6) is -2.55. The topological polar surface area (TPSA) is 87.0 Å². The van der Waals surface area contributed by atoms with Crippen molar-refractivity contribution in [1.29, 1.82) is 0 Å². The lowest BCUT2D eigenvalue weighted by Gasteiger charge is -2.14. The molecule has 0 aliphatic rings. The van der Waals surface area contributed by atoms with Gasteiger partial charge in [-0.15, -0.1) is 0 Å². The molecule has 0 aliphatic heterocycles. The summed E-state index contributed by atoms with van der Waals surface area (Å²) >= 11 is 0. The van der Waals surface area contributed by atoms with Gasteiger partial charge in [-0.3, -0.25) is 9.59 Å². The van der Waals surface area contributed by atoms with Crippen molar-refractivity contribution in [3.63, 3.8) is 0 Å². The molecule has 4 aromatic rings. The molecule has 1 amide bonds. The highest BCUT2D eigenvalue weighted by Crippen LogP contribution is 2.38. The van der Waals surface area contributed by atoms with Gasteiger partial charge in [0.1, 0.15) is 22.8 Å². The third kappa shape index (κ3) is 5.85. The van der Waals surface area contributed by atoms with Crippen molar-refractivity contribution in [2.24, 2.45) is 0 Å². The summed E-state index contributed by atoms with van der Waals surface area (Å²) in [6.45, 7) is 3.37. The van der Waals surface area contributed by atoms with Gasteiger partial charge in [-0.05, 0) is 61.9 Å². The SMILES string of the molecule is COc1ccc(Oc2c(C(F)(F)F)oc3cc(OCC(=O)Nc4ccc(C)cc4C)ccc3c2=O)cc1. The monoisotopic (exact) mass is 513 g/mol. The Kier molecular flexibility index (Phi) is 7.10. The Hall–Kier alpha value is -4.47. The van der Waals surface area contributed by atoms with Crippen LogP contribution in [0.3, 0.4) is 0 Å². The number of nitrogens with one attached hydrogen (secondary N) is 1.